The van der Waals surface area contributed by atoms with Crippen LogP contribution in [0.3, 0.4) is 0 Å². The minimum atomic E-state index is 0. The van der Waals surface area contributed by atoms with E-state index in [4.69, 9.17) is 0 Å². The molecule has 0 N–H and O–H groups in total. The minimum Gasteiger partial charge on any atom is -1.00 e. The Morgan fingerprint density at radius 3 is 1.39 bits per heavy atom. The van der Waals surface area contributed by atoms with Crippen molar-refractivity contribution in [1.29, 1.82) is 0 Å². The number of hydrogen-bond donors (Lipinski definition) is 0. The zero-order valence-corrected chi connectivity index (χ0v) is 18.5. The zero-order chi connectivity index (χ0) is 10.4. The average Bonchev–Trinajstić information content (AvgIpc) is 2.02. The molecule has 0 aliphatic rings. The van der Waals surface area contributed by atoms with E-state index in [2.05, 4.69) is 47.6 Å². The molecular formula is C12H25Cl4PZr. The number of allylic oxidation sites excluding steroid dienone is 2. The van der Waals surface area contributed by atoms with E-state index in [1.165, 1.54) is 12.8 Å². The van der Waals surface area contributed by atoms with Crippen molar-refractivity contribution in [1.82, 2.24) is 0 Å². The predicted molar refractivity (Wildman–Crippen MR) is 65.9 cm³/mol. The van der Waals surface area contributed by atoms with E-state index in [1.807, 2.05) is 0 Å². The van der Waals surface area contributed by atoms with Crippen LogP contribution in [0, 0.1) is 0 Å². The second-order valence-corrected chi connectivity index (χ2v) is 7.51. The van der Waals surface area contributed by atoms with Gasteiger partial charge in [-0.3, -0.25) is 0 Å². The molecule has 0 unspecified atom stereocenters. The summed E-state index contributed by atoms with van der Waals surface area (Å²) >= 11 is 0. The van der Waals surface area contributed by atoms with E-state index in [0.717, 1.165) is 11.3 Å². The van der Waals surface area contributed by atoms with Crippen LogP contribution >= 0.6 is 7.92 Å². The summed E-state index contributed by atoms with van der Waals surface area (Å²) in [5.41, 5.74) is 1.68. The topological polar surface area (TPSA) is 0 Å². The standard InChI is InChI=1S/C12H25P.4ClH.Zr/c1-7-9-12(8-2)13(10(3)4)11(5)6;;;;;/h9-11H,7-8H2,1-6H3;4*1H;/q;;;;;+4/p-4. The third-order valence-electron chi connectivity index (χ3n) is 2.25. The van der Waals surface area contributed by atoms with Crippen molar-refractivity contribution < 1.29 is 75.8 Å². The maximum absolute atomic E-state index is 2.45. The molecular weight excluding hydrogens is 408 g/mol. The van der Waals surface area contributed by atoms with Gasteiger partial charge in [0.25, 0.3) is 0 Å². The molecule has 0 amide bonds. The molecule has 0 aliphatic heterocycles. The largest absolute Gasteiger partial charge is 4.00 e. The molecule has 0 fully saturated rings. The summed E-state index contributed by atoms with van der Waals surface area (Å²) in [5.74, 6) is 0. The fraction of sp³-hybridized carbons (Fsp3) is 0.833. The van der Waals surface area contributed by atoms with Gasteiger partial charge >= 0.3 is 26.2 Å². The van der Waals surface area contributed by atoms with Gasteiger partial charge < -0.3 is 49.6 Å². The van der Waals surface area contributed by atoms with Gasteiger partial charge in [-0.25, -0.2) is 0 Å². The van der Waals surface area contributed by atoms with Gasteiger partial charge in [-0.2, -0.15) is 0 Å². The summed E-state index contributed by atoms with van der Waals surface area (Å²) in [6, 6.07) is 0. The van der Waals surface area contributed by atoms with Crippen molar-refractivity contribution in [3.8, 4) is 0 Å². The molecule has 0 atom stereocenters. The Morgan fingerprint density at radius 1 is 0.889 bits per heavy atom. The van der Waals surface area contributed by atoms with Crippen molar-refractivity contribution in [3.63, 3.8) is 0 Å². The predicted octanol–water partition coefficient (Wildman–Crippen LogP) is -7.00. The molecule has 0 saturated heterocycles. The first kappa shape index (κ1) is 36.9. The van der Waals surface area contributed by atoms with E-state index >= 15 is 0 Å². The quantitative estimate of drug-likeness (QED) is 0.379. The minimum absolute atomic E-state index is 0. The normalized spacial score (nSPS) is 9.72. The molecule has 0 spiro atoms. The van der Waals surface area contributed by atoms with Crippen LogP contribution < -0.4 is 49.6 Å². The molecule has 0 rings (SSSR count). The van der Waals surface area contributed by atoms with Crippen LogP contribution in [0.2, 0.25) is 0 Å². The van der Waals surface area contributed by atoms with Gasteiger partial charge in [-0.05, 0) is 29.5 Å². The van der Waals surface area contributed by atoms with Crippen molar-refractivity contribution in [2.24, 2.45) is 0 Å². The molecule has 110 valence electrons. The van der Waals surface area contributed by atoms with E-state index in [1.54, 1.807) is 5.31 Å². The second-order valence-electron chi connectivity index (χ2n) is 4.05. The number of halogens is 4. The molecule has 0 radical (unpaired) electrons. The Balaban J connectivity index is -0.0000000720. The molecule has 0 aromatic rings. The van der Waals surface area contributed by atoms with E-state index in [0.29, 0.717) is 0 Å². The molecule has 18 heavy (non-hydrogen) atoms. The van der Waals surface area contributed by atoms with E-state index in [9.17, 15) is 0 Å². The van der Waals surface area contributed by atoms with Gasteiger partial charge in [0, 0.05) is 0 Å². The van der Waals surface area contributed by atoms with Crippen LogP contribution in [0.25, 0.3) is 0 Å². The van der Waals surface area contributed by atoms with Crippen LogP contribution in [0.4, 0.5) is 0 Å². The average molecular weight is 433 g/mol. The molecule has 0 aromatic carbocycles. The zero-order valence-electron chi connectivity index (χ0n) is 12.1. The third-order valence-corrected chi connectivity index (χ3v) is 5.63. The first-order valence-electron chi connectivity index (χ1n) is 5.51. The maximum Gasteiger partial charge on any atom is 4.00 e. The first-order valence-corrected chi connectivity index (χ1v) is 6.99. The Bertz CT molecular complexity index is 167. The van der Waals surface area contributed by atoms with Crippen LogP contribution in [-0.2, 0) is 26.2 Å². The van der Waals surface area contributed by atoms with Crippen molar-refractivity contribution in [3.05, 3.63) is 11.4 Å². The van der Waals surface area contributed by atoms with Gasteiger partial charge in [0.2, 0.25) is 0 Å². The summed E-state index contributed by atoms with van der Waals surface area (Å²) < 4.78 is 0. The molecule has 0 saturated carbocycles. The molecule has 6 heteroatoms. The maximum atomic E-state index is 2.45. The molecule has 0 heterocycles. The Kier molecular flexibility index (Phi) is 44.1. The van der Waals surface area contributed by atoms with E-state index < -0.39 is 0 Å². The Hall–Kier alpha value is 2.21. The molecule has 0 nitrogen and oxygen atoms in total. The van der Waals surface area contributed by atoms with Crippen LogP contribution in [0.15, 0.2) is 11.4 Å². The van der Waals surface area contributed by atoms with Gasteiger partial charge in [0.05, 0.1) is 0 Å². The summed E-state index contributed by atoms with van der Waals surface area (Å²) in [7, 11) is 0.113. The van der Waals surface area contributed by atoms with Crippen molar-refractivity contribution >= 4 is 7.92 Å². The summed E-state index contributed by atoms with van der Waals surface area (Å²) in [6.07, 6.45) is 4.89. The fourth-order valence-corrected chi connectivity index (χ4v) is 5.21. The van der Waals surface area contributed by atoms with Gasteiger partial charge in [0.1, 0.15) is 0 Å². The first-order chi connectivity index (χ1) is 6.04. The Labute approximate surface area is 159 Å². The van der Waals surface area contributed by atoms with Crippen molar-refractivity contribution in [2.75, 3.05) is 0 Å². The van der Waals surface area contributed by atoms with Crippen molar-refractivity contribution in [2.45, 2.75) is 65.7 Å². The van der Waals surface area contributed by atoms with Crippen LogP contribution in [0.1, 0.15) is 54.4 Å². The number of rotatable bonds is 5. The van der Waals surface area contributed by atoms with Gasteiger partial charge in [-0.1, -0.05) is 55.5 Å². The van der Waals surface area contributed by atoms with Gasteiger partial charge in [0.15, 0.2) is 0 Å². The van der Waals surface area contributed by atoms with Crippen LogP contribution in [-0.4, -0.2) is 11.3 Å². The Morgan fingerprint density at radius 2 is 1.22 bits per heavy atom. The second kappa shape index (κ2) is 21.5. The number of hydrogen-bond acceptors (Lipinski definition) is 0. The molecule has 0 aliphatic carbocycles. The third kappa shape index (κ3) is 14.6. The summed E-state index contributed by atoms with van der Waals surface area (Å²) in [4.78, 5) is 0. The van der Waals surface area contributed by atoms with E-state index in [-0.39, 0.29) is 83.8 Å². The molecule has 0 aromatic heterocycles. The van der Waals surface area contributed by atoms with Gasteiger partial charge in [-0.15, -0.1) is 0 Å². The summed E-state index contributed by atoms with van der Waals surface area (Å²) in [6.45, 7) is 14.0. The fourth-order valence-electron chi connectivity index (χ4n) is 1.93. The molecule has 0 bridgehead atoms. The summed E-state index contributed by atoms with van der Waals surface area (Å²) in [5, 5.41) is 1.72. The van der Waals surface area contributed by atoms with Crippen LogP contribution in [0.5, 0.6) is 0 Å². The monoisotopic (exact) mass is 430 g/mol. The smallest absolute Gasteiger partial charge is 1.00 e. The SMILES string of the molecule is CCC=C(CC)P(C(C)C)C(C)C.[Cl-].[Cl-].[Cl-].[Cl-].[Zr+4].